The topological polar surface area (TPSA) is 96.6 Å². The summed E-state index contributed by atoms with van der Waals surface area (Å²) in [5.74, 6) is 1.46. The van der Waals surface area contributed by atoms with Crippen molar-refractivity contribution in [2.24, 2.45) is 5.92 Å². The van der Waals surface area contributed by atoms with Crippen LogP contribution in [0.1, 0.15) is 51.4 Å². The molecule has 8 nitrogen and oxygen atoms in total. The van der Waals surface area contributed by atoms with Gasteiger partial charge < -0.3 is 18.6 Å². The zero-order chi connectivity index (χ0) is 27.6. The first-order valence-electron chi connectivity index (χ1n) is 12.4. The Labute approximate surface area is 227 Å². The third-order valence-corrected chi connectivity index (χ3v) is 5.61. The summed E-state index contributed by atoms with van der Waals surface area (Å²) in [6.07, 6.45) is 0.673. The van der Waals surface area contributed by atoms with Gasteiger partial charge in [0.2, 0.25) is 5.89 Å². The molecular formula is C29H32ClN3O5. The van der Waals surface area contributed by atoms with E-state index in [2.05, 4.69) is 23.8 Å². The Kier molecular flexibility index (Phi) is 7.92. The van der Waals surface area contributed by atoms with Crippen molar-refractivity contribution in [2.45, 2.75) is 60.5 Å². The van der Waals surface area contributed by atoms with E-state index in [1.54, 1.807) is 24.3 Å². The maximum atomic E-state index is 12.1. The minimum absolute atomic E-state index is 0.163. The molecule has 2 heterocycles. The normalized spacial score (nSPS) is 11.7. The third-order valence-electron chi connectivity index (χ3n) is 5.38. The van der Waals surface area contributed by atoms with Crippen molar-refractivity contribution in [1.29, 1.82) is 0 Å². The lowest BCUT2D eigenvalue weighted by atomic mass is 10.1. The summed E-state index contributed by atoms with van der Waals surface area (Å²) >= 11 is 6.09. The molecule has 2 aromatic heterocycles. The van der Waals surface area contributed by atoms with Gasteiger partial charge in [-0.2, -0.15) is 9.97 Å². The van der Waals surface area contributed by atoms with Crippen LogP contribution < -0.4 is 9.47 Å². The van der Waals surface area contributed by atoms with Crippen molar-refractivity contribution in [3.63, 3.8) is 0 Å². The van der Waals surface area contributed by atoms with Crippen LogP contribution in [-0.2, 0) is 16.0 Å². The second kappa shape index (κ2) is 11.0. The molecule has 0 atom stereocenters. The molecule has 0 saturated heterocycles. The summed E-state index contributed by atoms with van der Waals surface area (Å²) in [7, 11) is 0. The fourth-order valence-corrected chi connectivity index (χ4v) is 4.17. The molecule has 0 fully saturated rings. The molecule has 0 saturated carbocycles. The van der Waals surface area contributed by atoms with Crippen molar-refractivity contribution in [2.75, 3.05) is 6.61 Å². The number of hydrogen-bond acceptors (Lipinski definition) is 8. The lowest BCUT2D eigenvalue weighted by molar-refractivity contribution is -0.157. The molecule has 0 N–H and O–H groups in total. The largest absolute Gasteiger partial charge is 0.481 e. The Bertz CT molecular complexity index is 1450. The number of rotatable bonds is 8. The maximum absolute atomic E-state index is 12.1. The van der Waals surface area contributed by atoms with Crippen LogP contribution in [0, 0.1) is 19.8 Å². The standard InChI is InChI=1S/C29H32ClN3O5/c1-16(2)11-22-24-27(33-28(31-22)36-21-10-8-9-20(30)14-21)37-26(32-24)19-12-17(3)25(18(4)13-19)35-15-23(34)38-29(5,6)7/h8-10,12-14,16H,11,15H2,1-7H3. The number of esters is 1. The van der Waals surface area contributed by atoms with Crippen LogP contribution in [0.15, 0.2) is 40.8 Å². The van der Waals surface area contributed by atoms with Crippen LogP contribution in [0.5, 0.6) is 17.5 Å². The smallest absolute Gasteiger partial charge is 0.344 e. The average Bonchev–Trinajstić information content (AvgIpc) is 3.21. The molecular weight excluding hydrogens is 506 g/mol. The van der Waals surface area contributed by atoms with Crippen LogP contribution in [0.25, 0.3) is 22.7 Å². The molecule has 0 spiro atoms. The van der Waals surface area contributed by atoms with Crippen LogP contribution in [0.2, 0.25) is 5.02 Å². The fourth-order valence-electron chi connectivity index (χ4n) is 3.99. The molecule has 4 rings (SSSR count). The number of ether oxygens (including phenoxy) is 3. The first kappa shape index (κ1) is 27.4. The highest BCUT2D eigenvalue weighted by Crippen LogP contribution is 2.33. The van der Waals surface area contributed by atoms with Gasteiger partial charge in [0.25, 0.3) is 5.71 Å². The van der Waals surface area contributed by atoms with E-state index >= 15 is 0 Å². The van der Waals surface area contributed by atoms with Gasteiger partial charge in [-0.3, -0.25) is 0 Å². The van der Waals surface area contributed by atoms with E-state index in [0.717, 1.165) is 22.4 Å². The van der Waals surface area contributed by atoms with Gasteiger partial charge in [-0.1, -0.05) is 31.5 Å². The van der Waals surface area contributed by atoms with E-state index in [1.807, 2.05) is 46.8 Å². The van der Waals surface area contributed by atoms with Crippen molar-refractivity contribution in [3.8, 4) is 29.0 Å². The van der Waals surface area contributed by atoms with E-state index in [0.29, 0.717) is 46.0 Å². The van der Waals surface area contributed by atoms with E-state index in [4.69, 9.17) is 35.2 Å². The summed E-state index contributed by atoms with van der Waals surface area (Å²) < 4.78 is 23.1. The number of aryl methyl sites for hydroxylation is 2. The van der Waals surface area contributed by atoms with E-state index < -0.39 is 11.6 Å². The first-order valence-corrected chi connectivity index (χ1v) is 12.8. The summed E-state index contributed by atoms with van der Waals surface area (Å²) in [5.41, 5.74) is 3.53. The lowest BCUT2D eigenvalue weighted by Crippen LogP contribution is -2.27. The highest BCUT2D eigenvalue weighted by molar-refractivity contribution is 6.30. The number of carbonyl (C=O) groups excluding carboxylic acids is 1. The number of carbonyl (C=O) groups is 1. The minimum atomic E-state index is -0.572. The highest BCUT2D eigenvalue weighted by Gasteiger charge is 2.21. The Morgan fingerprint density at radius 3 is 2.39 bits per heavy atom. The molecule has 0 bridgehead atoms. The molecule has 0 aliphatic rings. The van der Waals surface area contributed by atoms with Crippen LogP contribution >= 0.6 is 11.6 Å². The quantitative estimate of drug-likeness (QED) is 0.216. The van der Waals surface area contributed by atoms with Gasteiger partial charge in [0, 0.05) is 10.6 Å². The van der Waals surface area contributed by atoms with Gasteiger partial charge in [-0.15, -0.1) is 0 Å². The monoisotopic (exact) mass is 537 g/mol. The molecule has 0 aliphatic heterocycles. The predicted molar refractivity (Wildman–Crippen MR) is 146 cm³/mol. The predicted octanol–water partition coefficient (Wildman–Crippen LogP) is 7.27. The van der Waals surface area contributed by atoms with Gasteiger partial charge in [-0.05, 0) is 88.4 Å². The van der Waals surface area contributed by atoms with Gasteiger partial charge in [0.05, 0.1) is 5.69 Å². The number of oxazole rings is 1. The molecule has 0 radical (unpaired) electrons. The van der Waals surface area contributed by atoms with Gasteiger partial charge in [0.1, 0.15) is 17.1 Å². The fraction of sp³-hybridized carbons (Fsp3) is 0.379. The van der Waals surface area contributed by atoms with Crippen molar-refractivity contribution in [3.05, 3.63) is 58.2 Å². The van der Waals surface area contributed by atoms with Gasteiger partial charge in [-0.25, -0.2) is 9.78 Å². The summed E-state index contributed by atoms with van der Waals surface area (Å²) in [5, 5.41) is 0.553. The first-order chi connectivity index (χ1) is 17.9. The number of benzene rings is 2. The molecule has 0 unspecified atom stereocenters. The summed E-state index contributed by atoms with van der Waals surface area (Å²) in [6.45, 7) is 13.3. The minimum Gasteiger partial charge on any atom is -0.481 e. The van der Waals surface area contributed by atoms with Crippen molar-refractivity contribution >= 4 is 28.8 Å². The van der Waals surface area contributed by atoms with E-state index in [-0.39, 0.29) is 12.6 Å². The third kappa shape index (κ3) is 6.81. The van der Waals surface area contributed by atoms with Crippen molar-refractivity contribution in [1.82, 2.24) is 15.0 Å². The molecule has 0 aliphatic carbocycles. The molecule has 9 heteroatoms. The van der Waals surface area contributed by atoms with E-state index in [9.17, 15) is 4.79 Å². The lowest BCUT2D eigenvalue weighted by Gasteiger charge is -2.20. The second-order valence-corrected chi connectivity index (χ2v) is 11.0. The van der Waals surface area contributed by atoms with Crippen molar-refractivity contribution < 1.29 is 23.4 Å². The SMILES string of the molecule is Cc1cc(-c2nc3c(CC(C)C)nc(Oc4cccc(Cl)c4)nc3o2)cc(C)c1OCC(=O)OC(C)(C)C. The zero-order valence-electron chi connectivity index (χ0n) is 22.7. The molecule has 200 valence electrons. The number of nitrogens with zero attached hydrogens (tertiary/aromatic N) is 3. The number of hydrogen-bond donors (Lipinski definition) is 0. The number of aromatic nitrogens is 3. The van der Waals surface area contributed by atoms with E-state index in [1.165, 1.54) is 0 Å². The van der Waals surface area contributed by atoms with Gasteiger partial charge in [0.15, 0.2) is 12.1 Å². The number of halogens is 1. The Morgan fingerprint density at radius 2 is 1.76 bits per heavy atom. The maximum Gasteiger partial charge on any atom is 0.344 e. The molecule has 0 amide bonds. The van der Waals surface area contributed by atoms with Crippen LogP contribution in [-0.4, -0.2) is 33.1 Å². The molecule has 4 aromatic rings. The second-order valence-electron chi connectivity index (χ2n) is 10.6. The Balaban J connectivity index is 1.65. The number of fused-ring (bicyclic) bond motifs is 1. The Morgan fingerprint density at radius 1 is 1.05 bits per heavy atom. The summed E-state index contributed by atoms with van der Waals surface area (Å²) in [6, 6.07) is 11.0. The zero-order valence-corrected chi connectivity index (χ0v) is 23.5. The van der Waals surface area contributed by atoms with Crippen LogP contribution in [0.3, 0.4) is 0 Å². The molecule has 2 aromatic carbocycles. The van der Waals surface area contributed by atoms with Crippen LogP contribution in [0.4, 0.5) is 0 Å². The molecule has 38 heavy (non-hydrogen) atoms. The average molecular weight is 538 g/mol. The van der Waals surface area contributed by atoms with Gasteiger partial charge >= 0.3 is 12.0 Å². The highest BCUT2D eigenvalue weighted by atomic mass is 35.5. The Hall–Kier alpha value is -3.65. The summed E-state index contributed by atoms with van der Waals surface area (Å²) in [4.78, 5) is 25.9.